The average Bonchev–Trinajstić information content (AvgIpc) is 3.30. The Morgan fingerprint density at radius 3 is 2.59 bits per heavy atom. The van der Waals surface area contributed by atoms with Crippen LogP contribution >= 0.6 is 0 Å². The number of fused-ring (bicyclic) bond motifs is 1. The van der Waals surface area contributed by atoms with E-state index < -0.39 is 6.43 Å². The van der Waals surface area contributed by atoms with Crippen molar-refractivity contribution >= 4 is 28.6 Å². The van der Waals surface area contributed by atoms with Gasteiger partial charge in [-0.3, -0.25) is 9.36 Å². The minimum atomic E-state index is -2.76. The van der Waals surface area contributed by atoms with Crippen molar-refractivity contribution in [1.29, 1.82) is 0 Å². The number of rotatable bonds is 9. The third-order valence-electron chi connectivity index (χ3n) is 7.56. The van der Waals surface area contributed by atoms with Crippen LogP contribution in [0.15, 0.2) is 30.3 Å². The van der Waals surface area contributed by atoms with Gasteiger partial charge in [0.1, 0.15) is 17.4 Å². The molecule has 1 aromatic carbocycles. The second kappa shape index (κ2) is 11.9. The largest absolute Gasteiger partial charge is 0.377 e. The van der Waals surface area contributed by atoms with E-state index in [0.717, 1.165) is 25.7 Å². The lowest BCUT2D eigenvalue weighted by atomic mass is 9.83. The number of halogens is 2. The van der Waals surface area contributed by atoms with E-state index in [0.29, 0.717) is 67.3 Å². The van der Waals surface area contributed by atoms with Crippen molar-refractivity contribution < 1.29 is 18.3 Å². The summed E-state index contributed by atoms with van der Waals surface area (Å²) in [6.45, 7) is 4.32. The fourth-order valence-electron chi connectivity index (χ4n) is 5.68. The molecular weight excluding hydrogens is 504 g/mol. The van der Waals surface area contributed by atoms with Gasteiger partial charge in [0.05, 0.1) is 36.8 Å². The van der Waals surface area contributed by atoms with Crippen LogP contribution in [0.3, 0.4) is 0 Å². The highest BCUT2D eigenvalue weighted by Gasteiger charge is 2.27. The summed E-state index contributed by atoms with van der Waals surface area (Å²) in [5.74, 6) is 1.75. The second-order valence-electron chi connectivity index (χ2n) is 11.0. The highest BCUT2D eigenvalue weighted by Crippen LogP contribution is 2.32. The number of ether oxygens (including phenoxy) is 1. The Morgan fingerprint density at radius 2 is 1.87 bits per heavy atom. The molecule has 1 N–H and O–H groups in total. The number of imidazole rings is 1. The molecule has 1 saturated heterocycles. The molecule has 3 aromatic rings. The van der Waals surface area contributed by atoms with E-state index in [4.69, 9.17) is 14.7 Å². The molecule has 0 bridgehead atoms. The third-order valence-corrected chi connectivity index (χ3v) is 7.56. The summed E-state index contributed by atoms with van der Waals surface area (Å²) in [6.07, 6.45) is 1.54. The first-order valence-corrected chi connectivity index (χ1v) is 13.7. The first-order chi connectivity index (χ1) is 18.8. The highest BCUT2D eigenvalue weighted by atomic mass is 19.3. The zero-order valence-electron chi connectivity index (χ0n) is 22.8. The molecule has 11 heteroatoms. The summed E-state index contributed by atoms with van der Waals surface area (Å²) in [6, 6.07) is 9.09. The number of ketones is 1. The van der Waals surface area contributed by atoms with Gasteiger partial charge in [-0.1, -0.05) is 12.1 Å². The molecule has 3 heterocycles. The van der Waals surface area contributed by atoms with Gasteiger partial charge in [-0.15, -0.1) is 0 Å². The Balaban J connectivity index is 1.43. The number of alkyl halides is 2. The maximum Gasteiger partial charge on any atom is 0.296 e. The molecule has 0 unspecified atom stereocenters. The number of likely N-dealkylation sites (N-methyl/N-ethyl adjacent to an activating group) is 1. The lowest BCUT2D eigenvalue weighted by Gasteiger charge is -2.35. The summed E-state index contributed by atoms with van der Waals surface area (Å²) >= 11 is 0. The maximum atomic E-state index is 14.1. The number of morpholine rings is 1. The molecule has 39 heavy (non-hydrogen) atoms. The number of carbonyl (C=O) groups is 1. The molecule has 2 fully saturated rings. The molecule has 2 aliphatic rings. The molecule has 210 valence electrons. The molecule has 9 nitrogen and oxygen atoms in total. The monoisotopic (exact) mass is 541 g/mol. The molecule has 0 amide bonds. The lowest BCUT2D eigenvalue weighted by molar-refractivity contribution is -0.120. The van der Waals surface area contributed by atoms with Crippen LogP contribution in [0.4, 0.5) is 20.5 Å². The lowest BCUT2D eigenvalue weighted by Crippen LogP contribution is -2.44. The molecule has 0 spiro atoms. The fourth-order valence-corrected chi connectivity index (χ4v) is 5.68. The number of anilines is 2. The van der Waals surface area contributed by atoms with Crippen molar-refractivity contribution in [3.8, 4) is 5.82 Å². The number of Topliss-reactive ketones (excluding diaryl/α,β-unsaturated/α-hetero) is 1. The van der Waals surface area contributed by atoms with Crippen molar-refractivity contribution in [3.05, 3.63) is 36.2 Å². The molecule has 1 atom stereocenters. The second-order valence-corrected chi connectivity index (χ2v) is 11.0. The maximum absolute atomic E-state index is 14.1. The van der Waals surface area contributed by atoms with Crippen LogP contribution in [-0.4, -0.2) is 82.7 Å². The van der Waals surface area contributed by atoms with Crippen LogP contribution in [-0.2, 0) is 9.53 Å². The van der Waals surface area contributed by atoms with Crippen LogP contribution in [0.2, 0.25) is 0 Å². The standard InChI is InChI=1S/C28H37F2N7O2/c1-18-17-39-13-12-36(18)24-15-25(37-23-7-5-4-6-22(23)32-27(37)26(29)30)34-28(33-24)31-20-10-8-19(9-11-20)14-21(38)16-35(2)3/h4-7,15,18-20,26H,8-14,16-17H2,1-3H3,(H,31,33,34)/t18-,19?,20?/m0/s1. The number of hydrogen-bond donors (Lipinski definition) is 1. The van der Waals surface area contributed by atoms with Crippen LogP contribution in [0.1, 0.15) is 51.3 Å². The van der Waals surface area contributed by atoms with Crippen LogP contribution in [0.5, 0.6) is 0 Å². The quantitative estimate of drug-likeness (QED) is 0.425. The number of carbonyl (C=O) groups excluding carboxylic acids is 1. The van der Waals surface area contributed by atoms with Gasteiger partial charge in [-0.25, -0.2) is 13.8 Å². The van der Waals surface area contributed by atoms with Gasteiger partial charge in [0.25, 0.3) is 6.43 Å². The minimum Gasteiger partial charge on any atom is -0.377 e. The van der Waals surface area contributed by atoms with Gasteiger partial charge in [0.15, 0.2) is 5.82 Å². The number of para-hydroxylation sites is 2. The fraction of sp³-hybridized carbons (Fsp3) is 0.571. The van der Waals surface area contributed by atoms with E-state index in [9.17, 15) is 13.6 Å². The molecule has 1 aliphatic heterocycles. The van der Waals surface area contributed by atoms with Crippen molar-refractivity contribution in [2.75, 3.05) is 50.6 Å². The Labute approximate surface area is 227 Å². The first-order valence-electron chi connectivity index (χ1n) is 13.7. The number of nitrogens with zero attached hydrogens (tertiary/aromatic N) is 6. The van der Waals surface area contributed by atoms with E-state index in [-0.39, 0.29) is 23.7 Å². The molecule has 2 aromatic heterocycles. The Bertz CT molecular complexity index is 1290. The van der Waals surface area contributed by atoms with Crippen LogP contribution in [0.25, 0.3) is 16.9 Å². The van der Waals surface area contributed by atoms with Gasteiger partial charge >= 0.3 is 0 Å². The minimum absolute atomic E-state index is 0.0820. The molecule has 5 rings (SSSR count). The summed E-state index contributed by atoms with van der Waals surface area (Å²) in [5.41, 5.74) is 1.06. The summed E-state index contributed by atoms with van der Waals surface area (Å²) < 4.78 is 35.3. The summed E-state index contributed by atoms with van der Waals surface area (Å²) in [5, 5.41) is 3.49. The average molecular weight is 542 g/mol. The van der Waals surface area contributed by atoms with E-state index in [1.54, 1.807) is 24.3 Å². The van der Waals surface area contributed by atoms with E-state index in [1.165, 1.54) is 4.57 Å². The van der Waals surface area contributed by atoms with Crippen molar-refractivity contribution in [1.82, 2.24) is 24.4 Å². The molecule has 0 radical (unpaired) electrons. The molecule has 1 aliphatic carbocycles. The highest BCUT2D eigenvalue weighted by molar-refractivity contribution is 5.80. The summed E-state index contributed by atoms with van der Waals surface area (Å²) in [7, 11) is 3.82. The van der Waals surface area contributed by atoms with Gasteiger partial charge < -0.3 is 19.9 Å². The van der Waals surface area contributed by atoms with Crippen molar-refractivity contribution in [3.63, 3.8) is 0 Å². The third kappa shape index (κ3) is 6.36. The number of benzene rings is 1. The van der Waals surface area contributed by atoms with E-state index >= 15 is 0 Å². The Hall–Kier alpha value is -3.18. The Morgan fingerprint density at radius 1 is 1.13 bits per heavy atom. The van der Waals surface area contributed by atoms with Gasteiger partial charge in [-0.05, 0) is 64.8 Å². The van der Waals surface area contributed by atoms with Gasteiger partial charge in [-0.2, -0.15) is 9.97 Å². The first kappa shape index (κ1) is 27.4. The summed E-state index contributed by atoms with van der Waals surface area (Å²) in [4.78, 5) is 30.1. The normalized spacial score (nSPS) is 22.1. The van der Waals surface area contributed by atoms with E-state index in [1.807, 2.05) is 25.1 Å². The van der Waals surface area contributed by atoms with Crippen LogP contribution < -0.4 is 10.2 Å². The smallest absolute Gasteiger partial charge is 0.296 e. The number of hydrogen-bond acceptors (Lipinski definition) is 8. The number of nitrogens with one attached hydrogen (secondary N) is 1. The Kier molecular flexibility index (Phi) is 8.37. The topological polar surface area (TPSA) is 88.4 Å². The van der Waals surface area contributed by atoms with Crippen molar-refractivity contribution in [2.24, 2.45) is 5.92 Å². The van der Waals surface area contributed by atoms with Gasteiger partial charge in [0, 0.05) is 25.1 Å². The van der Waals surface area contributed by atoms with Crippen LogP contribution in [0, 0.1) is 5.92 Å². The SMILES string of the molecule is C[C@H]1COCCN1c1cc(-n2c(C(F)F)nc3ccccc32)nc(NC2CCC(CC(=O)CN(C)C)CC2)n1. The van der Waals surface area contributed by atoms with E-state index in [2.05, 4.69) is 22.1 Å². The zero-order chi connectivity index (χ0) is 27.5. The van der Waals surface area contributed by atoms with Crippen molar-refractivity contribution in [2.45, 2.75) is 57.5 Å². The number of aromatic nitrogens is 4. The molecular formula is C28H37F2N7O2. The van der Waals surface area contributed by atoms with Gasteiger partial charge in [0.2, 0.25) is 5.95 Å². The predicted octanol–water partition coefficient (Wildman–Crippen LogP) is 4.47. The predicted molar refractivity (Wildman–Crippen MR) is 147 cm³/mol. The molecule has 1 saturated carbocycles. The zero-order valence-corrected chi connectivity index (χ0v) is 22.8.